The lowest BCUT2D eigenvalue weighted by Gasteiger charge is -2.27. The van der Waals surface area contributed by atoms with E-state index in [4.69, 9.17) is 0 Å². The maximum Gasteiger partial charge on any atom is 0.274 e. The molecule has 8 rings (SSSR count). The Bertz CT molecular complexity index is 1990. The number of carbonyl (C=O) groups is 2. The van der Waals surface area contributed by atoms with Gasteiger partial charge >= 0.3 is 0 Å². The second kappa shape index (κ2) is 14.5. The van der Waals surface area contributed by atoms with Crippen molar-refractivity contribution in [1.82, 2.24) is 20.2 Å². The van der Waals surface area contributed by atoms with Crippen LogP contribution in [0.3, 0.4) is 0 Å². The lowest BCUT2D eigenvalue weighted by molar-refractivity contribution is 0.101. The van der Waals surface area contributed by atoms with Crippen molar-refractivity contribution < 1.29 is 14.7 Å². The summed E-state index contributed by atoms with van der Waals surface area (Å²) in [7, 11) is 0. The van der Waals surface area contributed by atoms with Crippen LogP contribution in [-0.2, 0) is 13.1 Å². The molecule has 2 amide bonds. The summed E-state index contributed by atoms with van der Waals surface area (Å²) in [5, 5.41) is 19.8. The van der Waals surface area contributed by atoms with E-state index >= 15 is 0 Å². The number of aromatic nitrogens is 2. The van der Waals surface area contributed by atoms with Gasteiger partial charge < -0.3 is 21.1 Å². The van der Waals surface area contributed by atoms with E-state index < -0.39 is 5.60 Å². The molecule has 2 aromatic carbocycles. The Kier molecular flexibility index (Phi) is 9.68. The number of hydrogen-bond donors (Lipinski definition) is 4. The first-order valence-corrected chi connectivity index (χ1v) is 19.2. The number of aliphatic hydroxyl groups is 1. The van der Waals surface area contributed by atoms with E-state index in [9.17, 15) is 14.7 Å². The predicted molar refractivity (Wildman–Crippen MR) is 205 cm³/mol. The summed E-state index contributed by atoms with van der Waals surface area (Å²) in [5.74, 6) is 0.535. The smallest absolute Gasteiger partial charge is 0.274 e. The molecule has 9 heteroatoms. The van der Waals surface area contributed by atoms with Crippen LogP contribution in [0.1, 0.15) is 124 Å². The second-order valence-electron chi connectivity index (χ2n) is 15.6. The molecule has 3 aliphatic carbocycles. The molecule has 4 N–H and O–H groups in total. The Labute approximate surface area is 306 Å². The number of hydrogen-bond acceptors (Lipinski definition) is 7. The SMILES string of the molecule is Cc1c(NC(=O)c2cc(C3CC3)c(CNCC3(O)CC3)cn2)cccc1-c1cccc(NC(=O)c2cc(C3CC3)c(CN3CCCCC3)cn2)c1C. The predicted octanol–water partition coefficient (Wildman–Crippen LogP) is 7.62. The monoisotopic (exact) mass is 698 g/mol. The van der Waals surface area contributed by atoms with Gasteiger partial charge in [-0.3, -0.25) is 24.5 Å². The van der Waals surface area contributed by atoms with Crippen molar-refractivity contribution >= 4 is 23.2 Å². The van der Waals surface area contributed by atoms with Crippen LogP contribution in [0, 0.1) is 13.8 Å². The summed E-state index contributed by atoms with van der Waals surface area (Å²) in [6.07, 6.45) is 13.8. The Morgan fingerprint density at radius 1 is 0.769 bits per heavy atom. The first kappa shape index (κ1) is 34.6. The molecule has 9 nitrogen and oxygen atoms in total. The fourth-order valence-corrected chi connectivity index (χ4v) is 7.68. The molecule has 0 spiro atoms. The summed E-state index contributed by atoms with van der Waals surface area (Å²) < 4.78 is 0. The highest BCUT2D eigenvalue weighted by Crippen LogP contribution is 2.43. The number of likely N-dealkylation sites (tertiary alicyclic amines) is 1. The average Bonchev–Trinajstić information content (AvgIpc) is 4.01. The lowest BCUT2D eigenvalue weighted by Crippen LogP contribution is -2.29. The lowest BCUT2D eigenvalue weighted by atomic mass is 9.94. The van der Waals surface area contributed by atoms with Crippen LogP contribution < -0.4 is 16.0 Å². The van der Waals surface area contributed by atoms with Gasteiger partial charge in [0, 0.05) is 43.4 Å². The fraction of sp³-hybridized carbons (Fsp3) is 0.442. The van der Waals surface area contributed by atoms with Crippen molar-refractivity contribution in [2.75, 3.05) is 30.3 Å². The van der Waals surface area contributed by atoms with Gasteiger partial charge in [-0.05, 0) is 159 Å². The Morgan fingerprint density at radius 2 is 1.29 bits per heavy atom. The van der Waals surface area contributed by atoms with E-state index in [1.165, 1.54) is 48.8 Å². The maximum absolute atomic E-state index is 13.6. The van der Waals surface area contributed by atoms with Gasteiger partial charge in [0.25, 0.3) is 11.8 Å². The number of pyridine rings is 2. The second-order valence-corrected chi connectivity index (χ2v) is 15.6. The molecule has 52 heavy (non-hydrogen) atoms. The van der Waals surface area contributed by atoms with Gasteiger partial charge in [-0.2, -0.15) is 0 Å². The third-order valence-electron chi connectivity index (χ3n) is 11.4. The van der Waals surface area contributed by atoms with E-state index in [1.54, 1.807) is 0 Å². The van der Waals surface area contributed by atoms with Gasteiger partial charge in [-0.1, -0.05) is 30.7 Å². The quantitative estimate of drug-likeness (QED) is 0.113. The maximum atomic E-state index is 13.6. The van der Waals surface area contributed by atoms with Crippen molar-refractivity contribution in [3.63, 3.8) is 0 Å². The molecule has 0 bridgehead atoms. The fourth-order valence-electron chi connectivity index (χ4n) is 7.68. The first-order valence-electron chi connectivity index (χ1n) is 19.2. The molecule has 3 saturated carbocycles. The molecule has 1 saturated heterocycles. The summed E-state index contributed by atoms with van der Waals surface area (Å²) in [4.78, 5) is 38.9. The largest absolute Gasteiger partial charge is 0.389 e. The minimum atomic E-state index is -0.552. The topological polar surface area (TPSA) is 119 Å². The van der Waals surface area contributed by atoms with Crippen LogP contribution in [0.15, 0.2) is 60.9 Å². The van der Waals surface area contributed by atoms with E-state index in [0.29, 0.717) is 36.3 Å². The van der Waals surface area contributed by atoms with Crippen molar-refractivity contribution in [3.8, 4) is 11.1 Å². The highest BCUT2D eigenvalue weighted by Gasteiger charge is 2.39. The van der Waals surface area contributed by atoms with E-state index in [2.05, 4.69) is 36.9 Å². The number of amides is 2. The third kappa shape index (κ3) is 7.82. The summed E-state index contributed by atoms with van der Waals surface area (Å²) in [5.41, 5.74) is 10.4. The van der Waals surface area contributed by atoms with Gasteiger partial charge in [0.1, 0.15) is 11.4 Å². The number of nitrogens with zero attached hydrogens (tertiary/aromatic N) is 3. The van der Waals surface area contributed by atoms with Crippen LogP contribution >= 0.6 is 0 Å². The van der Waals surface area contributed by atoms with Gasteiger partial charge in [-0.25, -0.2) is 0 Å². The standard InChI is InChI=1S/C43H50N6O3/c1-27-33(8-6-10-37(27)47-41(50)39-20-35(29-12-13-29)31(23-45-39)22-44-26-43(52)16-17-43)34-9-7-11-38(28(34)2)48-42(51)40-21-36(30-14-15-30)32(24-46-40)25-49-18-4-3-5-19-49/h6-11,20-21,23-24,29-30,44,52H,3-5,12-19,22,25-26H2,1-2H3,(H,47,50)(H,48,51). The number of nitrogens with one attached hydrogen (secondary N) is 3. The molecule has 4 aromatic rings. The molecule has 0 radical (unpaired) electrons. The molecule has 4 fully saturated rings. The Balaban J connectivity index is 0.968. The molecule has 4 aliphatic rings. The number of anilines is 2. The molecule has 3 heterocycles. The van der Waals surface area contributed by atoms with Crippen molar-refractivity contribution in [1.29, 1.82) is 0 Å². The van der Waals surface area contributed by atoms with Crippen LogP contribution in [-0.4, -0.2) is 57.0 Å². The number of benzene rings is 2. The Morgan fingerprint density at radius 3 is 1.81 bits per heavy atom. The molecule has 1 aliphatic heterocycles. The van der Waals surface area contributed by atoms with Crippen molar-refractivity contribution in [3.05, 3.63) is 106 Å². The van der Waals surface area contributed by atoms with E-state index in [1.807, 2.05) is 68.7 Å². The zero-order valence-corrected chi connectivity index (χ0v) is 30.4. The van der Waals surface area contributed by atoms with Gasteiger partial charge in [0.05, 0.1) is 5.60 Å². The molecular weight excluding hydrogens is 649 g/mol. The average molecular weight is 699 g/mol. The summed E-state index contributed by atoms with van der Waals surface area (Å²) >= 11 is 0. The number of carbonyl (C=O) groups excluding carboxylic acids is 2. The van der Waals surface area contributed by atoms with Gasteiger partial charge in [0.2, 0.25) is 0 Å². The zero-order valence-electron chi connectivity index (χ0n) is 30.4. The first-order chi connectivity index (χ1) is 25.2. The molecule has 0 atom stereocenters. The van der Waals surface area contributed by atoms with Crippen LogP contribution in [0.4, 0.5) is 11.4 Å². The normalized spacial score (nSPS) is 18.2. The van der Waals surface area contributed by atoms with Crippen LogP contribution in [0.25, 0.3) is 11.1 Å². The number of piperidine rings is 1. The minimum Gasteiger partial charge on any atom is -0.389 e. The molecule has 2 aromatic heterocycles. The van der Waals surface area contributed by atoms with E-state index in [0.717, 1.165) is 84.5 Å². The molecule has 0 unspecified atom stereocenters. The van der Waals surface area contributed by atoms with Crippen LogP contribution in [0.5, 0.6) is 0 Å². The Hall–Kier alpha value is -4.44. The molecule has 270 valence electrons. The summed E-state index contributed by atoms with van der Waals surface area (Å²) in [6, 6.07) is 15.8. The third-order valence-corrected chi connectivity index (χ3v) is 11.4. The number of rotatable bonds is 13. The van der Waals surface area contributed by atoms with Crippen molar-refractivity contribution in [2.45, 2.75) is 102 Å². The highest BCUT2D eigenvalue weighted by molar-refractivity contribution is 6.05. The zero-order chi connectivity index (χ0) is 35.8. The van der Waals surface area contributed by atoms with Crippen molar-refractivity contribution in [2.24, 2.45) is 0 Å². The molecular formula is C43H50N6O3. The van der Waals surface area contributed by atoms with E-state index in [-0.39, 0.29) is 11.8 Å². The van der Waals surface area contributed by atoms with Gasteiger partial charge in [-0.15, -0.1) is 0 Å². The minimum absolute atomic E-state index is 0.204. The highest BCUT2D eigenvalue weighted by atomic mass is 16.3. The summed E-state index contributed by atoms with van der Waals surface area (Å²) in [6.45, 7) is 8.42. The van der Waals surface area contributed by atoms with Gasteiger partial charge in [0.15, 0.2) is 0 Å². The van der Waals surface area contributed by atoms with Crippen LogP contribution in [0.2, 0.25) is 0 Å².